The van der Waals surface area contributed by atoms with Crippen LogP contribution in [0.1, 0.15) is 0 Å². The van der Waals surface area contributed by atoms with Gasteiger partial charge in [0.15, 0.2) is 0 Å². The van der Waals surface area contributed by atoms with E-state index in [2.05, 4.69) is 252 Å². The highest BCUT2D eigenvalue weighted by Crippen LogP contribution is 2.50. The maximum atomic E-state index is 2.44. The lowest BCUT2D eigenvalue weighted by molar-refractivity contribution is 1.18. The maximum absolute atomic E-state index is 2.44. The summed E-state index contributed by atoms with van der Waals surface area (Å²) in [5.74, 6) is 0. The molecule has 10 aromatic carbocycles. The van der Waals surface area contributed by atoms with E-state index in [1.807, 2.05) is 0 Å². The van der Waals surface area contributed by atoms with E-state index in [0.29, 0.717) is 0 Å². The molecule has 0 N–H and O–H groups in total. The van der Waals surface area contributed by atoms with Crippen molar-refractivity contribution < 1.29 is 0 Å². The van der Waals surface area contributed by atoms with Crippen molar-refractivity contribution in [1.29, 1.82) is 0 Å². The van der Waals surface area contributed by atoms with Crippen LogP contribution in [0.3, 0.4) is 0 Å². The Morgan fingerprint density at radius 1 is 0.210 bits per heavy atom. The van der Waals surface area contributed by atoms with E-state index < -0.39 is 0 Å². The van der Waals surface area contributed by atoms with Gasteiger partial charge in [-0.1, -0.05) is 188 Å². The SMILES string of the molecule is c1ccc(-c2cc(-c3ccc(-n4c5ccccc5c5ccccc54)cc3)c(-c3ccccc3)c(-c3ccccc3)c2-c2ccc(-n3c4ccccc4c4ccccc43)cc2)cc1. The van der Waals surface area contributed by atoms with Crippen LogP contribution in [0.5, 0.6) is 0 Å². The van der Waals surface area contributed by atoms with Gasteiger partial charge in [0, 0.05) is 32.9 Å². The Morgan fingerprint density at radius 2 is 0.484 bits per heavy atom. The second kappa shape index (κ2) is 14.8. The van der Waals surface area contributed by atoms with Crippen molar-refractivity contribution in [2.75, 3.05) is 0 Å². The largest absolute Gasteiger partial charge is 0.309 e. The molecule has 0 bridgehead atoms. The van der Waals surface area contributed by atoms with Crippen LogP contribution in [0.2, 0.25) is 0 Å². The highest BCUT2D eigenvalue weighted by atomic mass is 15.0. The van der Waals surface area contributed by atoms with Crippen molar-refractivity contribution in [2.24, 2.45) is 0 Å². The maximum Gasteiger partial charge on any atom is 0.0541 e. The number of nitrogens with zero attached hydrogens (tertiary/aromatic N) is 2. The molecule has 0 unspecified atom stereocenters. The summed E-state index contributed by atoms with van der Waals surface area (Å²) in [4.78, 5) is 0. The van der Waals surface area contributed by atoms with E-state index in [0.717, 1.165) is 22.5 Å². The number of rotatable bonds is 7. The molecule has 0 aliphatic rings. The standard InChI is InChI=1S/C60H40N2/c1-4-18-41(19-5-1)52-40-53(42-32-36-46(37-33-42)61-54-28-14-10-24-48(54)49-25-11-15-29-55(49)61)58(43-20-6-2-7-21-43)60(44-22-8-3-9-23-44)59(52)45-34-38-47(39-35-45)62-56-30-16-12-26-50(56)51-27-13-17-31-57(51)62/h1-40H. The van der Waals surface area contributed by atoms with Crippen molar-refractivity contribution >= 4 is 43.6 Å². The molecule has 0 amide bonds. The summed E-state index contributed by atoms with van der Waals surface area (Å²) in [7, 11) is 0. The zero-order chi connectivity index (χ0) is 41.0. The Morgan fingerprint density at radius 3 is 0.871 bits per heavy atom. The number of aromatic nitrogens is 2. The minimum absolute atomic E-state index is 1.14. The van der Waals surface area contributed by atoms with Gasteiger partial charge in [0.25, 0.3) is 0 Å². The van der Waals surface area contributed by atoms with Gasteiger partial charge in [-0.15, -0.1) is 0 Å². The Labute approximate surface area is 360 Å². The first-order valence-corrected chi connectivity index (χ1v) is 21.4. The third-order valence-corrected chi connectivity index (χ3v) is 12.5. The van der Waals surface area contributed by atoms with E-state index in [1.165, 1.54) is 88.1 Å². The Balaban J connectivity index is 1.11. The van der Waals surface area contributed by atoms with Gasteiger partial charge in [-0.3, -0.25) is 0 Å². The number of hydrogen-bond acceptors (Lipinski definition) is 0. The summed E-state index contributed by atoms with van der Waals surface area (Å²) in [6.45, 7) is 0. The van der Waals surface area contributed by atoms with Crippen molar-refractivity contribution in [3.8, 4) is 67.0 Å². The molecule has 2 heterocycles. The van der Waals surface area contributed by atoms with E-state index in [4.69, 9.17) is 0 Å². The van der Waals surface area contributed by atoms with Gasteiger partial charge in [0.1, 0.15) is 0 Å². The average Bonchev–Trinajstić information content (AvgIpc) is 3.87. The molecule has 2 nitrogen and oxygen atoms in total. The van der Waals surface area contributed by atoms with Gasteiger partial charge >= 0.3 is 0 Å². The third kappa shape index (κ3) is 5.80. The molecule has 0 aliphatic heterocycles. The molecular weight excluding hydrogens is 749 g/mol. The Bertz CT molecular complexity index is 3470. The fourth-order valence-corrected chi connectivity index (χ4v) is 9.82. The summed E-state index contributed by atoms with van der Waals surface area (Å²) in [5.41, 5.74) is 19.0. The minimum atomic E-state index is 1.14. The van der Waals surface area contributed by atoms with Crippen LogP contribution >= 0.6 is 0 Å². The highest BCUT2D eigenvalue weighted by Gasteiger charge is 2.24. The Hall–Kier alpha value is -8.20. The molecule has 0 radical (unpaired) electrons. The predicted molar refractivity (Wildman–Crippen MR) is 262 cm³/mol. The summed E-state index contributed by atoms with van der Waals surface area (Å²) >= 11 is 0. The first-order chi connectivity index (χ1) is 30.8. The summed E-state index contributed by atoms with van der Waals surface area (Å²) < 4.78 is 4.79. The summed E-state index contributed by atoms with van der Waals surface area (Å²) in [6.07, 6.45) is 0. The summed E-state index contributed by atoms with van der Waals surface area (Å²) in [6, 6.07) is 88.5. The van der Waals surface area contributed by atoms with Crippen LogP contribution in [0.15, 0.2) is 243 Å². The lowest BCUT2D eigenvalue weighted by Gasteiger charge is -2.25. The molecule has 2 aromatic heterocycles. The van der Waals surface area contributed by atoms with Crippen molar-refractivity contribution in [2.45, 2.75) is 0 Å². The second-order valence-corrected chi connectivity index (χ2v) is 16.0. The van der Waals surface area contributed by atoms with Gasteiger partial charge < -0.3 is 9.13 Å². The molecule has 62 heavy (non-hydrogen) atoms. The van der Waals surface area contributed by atoms with E-state index in [9.17, 15) is 0 Å². The molecule has 0 saturated heterocycles. The lowest BCUT2D eigenvalue weighted by Crippen LogP contribution is -1.99. The smallest absolute Gasteiger partial charge is 0.0541 e. The van der Waals surface area contributed by atoms with Crippen LogP contribution in [-0.4, -0.2) is 9.13 Å². The van der Waals surface area contributed by atoms with Crippen molar-refractivity contribution in [1.82, 2.24) is 9.13 Å². The second-order valence-electron chi connectivity index (χ2n) is 16.0. The molecule has 0 fully saturated rings. The molecule has 0 aliphatic carbocycles. The molecule has 2 heteroatoms. The normalized spacial score (nSPS) is 11.5. The molecule has 290 valence electrons. The van der Waals surface area contributed by atoms with Gasteiger partial charge in [0.2, 0.25) is 0 Å². The van der Waals surface area contributed by atoms with Crippen LogP contribution in [0.25, 0.3) is 111 Å². The zero-order valence-electron chi connectivity index (χ0n) is 34.0. The summed E-state index contributed by atoms with van der Waals surface area (Å²) in [5, 5.41) is 5.04. The number of para-hydroxylation sites is 4. The topological polar surface area (TPSA) is 9.86 Å². The van der Waals surface area contributed by atoms with Gasteiger partial charge in [-0.05, 0) is 110 Å². The lowest BCUT2D eigenvalue weighted by atomic mass is 9.79. The number of benzene rings is 10. The first kappa shape index (κ1) is 35.7. The van der Waals surface area contributed by atoms with Gasteiger partial charge in [-0.25, -0.2) is 0 Å². The van der Waals surface area contributed by atoms with Crippen molar-refractivity contribution in [3.05, 3.63) is 243 Å². The molecule has 12 rings (SSSR count). The number of hydrogen-bond donors (Lipinski definition) is 0. The van der Waals surface area contributed by atoms with Crippen molar-refractivity contribution in [3.63, 3.8) is 0 Å². The monoisotopic (exact) mass is 788 g/mol. The van der Waals surface area contributed by atoms with Gasteiger partial charge in [0.05, 0.1) is 22.1 Å². The van der Waals surface area contributed by atoms with E-state index in [1.54, 1.807) is 0 Å². The molecule has 0 spiro atoms. The van der Waals surface area contributed by atoms with Crippen LogP contribution in [0.4, 0.5) is 0 Å². The minimum Gasteiger partial charge on any atom is -0.309 e. The zero-order valence-corrected chi connectivity index (χ0v) is 34.0. The van der Waals surface area contributed by atoms with Crippen LogP contribution < -0.4 is 0 Å². The molecule has 12 aromatic rings. The number of fused-ring (bicyclic) bond motifs is 6. The molecular formula is C60H40N2. The highest BCUT2D eigenvalue weighted by molar-refractivity contribution is 6.11. The first-order valence-electron chi connectivity index (χ1n) is 21.4. The fourth-order valence-electron chi connectivity index (χ4n) is 9.82. The van der Waals surface area contributed by atoms with E-state index >= 15 is 0 Å². The average molecular weight is 789 g/mol. The molecule has 0 saturated carbocycles. The quantitative estimate of drug-likeness (QED) is 0.152. The van der Waals surface area contributed by atoms with Gasteiger partial charge in [-0.2, -0.15) is 0 Å². The van der Waals surface area contributed by atoms with Crippen LogP contribution in [0, 0.1) is 0 Å². The third-order valence-electron chi connectivity index (χ3n) is 12.5. The fraction of sp³-hybridized carbons (Fsp3) is 0. The predicted octanol–water partition coefficient (Wildman–Crippen LogP) is 16.2. The molecule has 0 atom stereocenters. The Kier molecular flexibility index (Phi) is 8.53. The van der Waals surface area contributed by atoms with E-state index in [-0.39, 0.29) is 0 Å². The van der Waals surface area contributed by atoms with Crippen LogP contribution in [-0.2, 0) is 0 Å².